The predicted molar refractivity (Wildman–Crippen MR) is 97.0 cm³/mol. The zero-order chi connectivity index (χ0) is 16.4. The van der Waals surface area contributed by atoms with Gasteiger partial charge in [-0.2, -0.15) is 0 Å². The molecule has 7 heteroatoms. The minimum atomic E-state index is 0.294. The number of nitrogens with zero attached hydrogens (tertiary/aromatic N) is 2. The van der Waals surface area contributed by atoms with Crippen molar-refractivity contribution in [2.75, 3.05) is 25.5 Å². The van der Waals surface area contributed by atoms with Gasteiger partial charge in [0.15, 0.2) is 5.82 Å². The fourth-order valence-electron chi connectivity index (χ4n) is 2.87. The Kier molecular flexibility index (Phi) is 4.40. The van der Waals surface area contributed by atoms with Crippen molar-refractivity contribution in [1.82, 2.24) is 20.8 Å². The molecule has 0 aliphatic carbocycles. The number of nitrogens with one attached hydrogen (secondary N) is 3. The fourth-order valence-corrected chi connectivity index (χ4v) is 3.84. The summed E-state index contributed by atoms with van der Waals surface area (Å²) < 4.78 is 5.22. The summed E-state index contributed by atoms with van der Waals surface area (Å²) >= 11 is 1.64. The van der Waals surface area contributed by atoms with Crippen LogP contribution in [0.1, 0.15) is 5.82 Å². The number of aromatic nitrogens is 2. The van der Waals surface area contributed by atoms with Crippen molar-refractivity contribution in [2.24, 2.45) is 0 Å². The molecule has 6 nitrogen and oxygen atoms in total. The van der Waals surface area contributed by atoms with Crippen LogP contribution in [0.2, 0.25) is 0 Å². The van der Waals surface area contributed by atoms with Crippen molar-refractivity contribution >= 4 is 27.4 Å². The van der Waals surface area contributed by atoms with Gasteiger partial charge in [-0.25, -0.2) is 9.97 Å². The van der Waals surface area contributed by atoms with Gasteiger partial charge in [-0.3, -0.25) is 10.9 Å². The predicted octanol–water partition coefficient (Wildman–Crippen LogP) is 2.39. The second kappa shape index (κ2) is 6.82. The first-order valence-corrected chi connectivity index (χ1v) is 8.78. The highest BCUT2D eigenvalue weighted by Crippen LogP contribution is 2.37. The van der Waals surface area contributed by atoms with E-state index < -0.39 is 0 Å². The van der Waals surface area contributed by atoms with Crippen LogP contribution in [0.25, 0.3) is 21.3 Å². The number of hydrazine groups is 1. The molecule has 1 aromatic carbocycles. The molecule has 3 heterocycles. The Hall–Kier alpha value is -2.06. The van der Waals surface area contributed by atoms with Crippen LogP contribution in [-0.4, -0.2) is 36.2 Å². The van der Waals surface area contributed by atoms with Crippen LogP contribution < -0.4 is 16.2 Å². The average Bonchev–Trinajstić information content (AvgIpc) is 3.25. The first-order valence-electron chi connectivity index (χ1n) is 7.90. The molecule has 24 heavy (non-hydrogen) atoms. The Morgan fingerprint density at radius 3 is 2.75 bits per heavy atom. The molecule has 2 aromatic heterocycles. The number of ether oxygens (including phenoxy) is 1. The van der Waals surface area contributed by atoms with E-state index in [1.54, 1.807) is 18.4 Å². The standard InChI is InChI=1S/C17H19N5OS/c1-23-9-14-21-16(20-12-7-18-19-8-12)15-13(10-24-17(15)22-14)11-5-3-2-4-6-11/h2-6,10,12,18-19H,7-9H2,1H3,(H,20,21,22). The molecule has 3 aromatic rings. The number of thiophene rings is 1. The third-order valence-electron chi connectivity index (χ3n) is 4.00. The molecular weight excluding hydrogens is 322 g/mol. The van der Waals surface area contributed by atoms with Gasteiger partial charge < -0.3 is 10.1 Å². The van der Waals surface area contributed by atoms with Crippen LogP contribution in [0.15, 0.2) is 35.7 Å². The number of hydrogen-bond donors (Lipinski definition) is 3. The van der Waals surface area contributed by atoms with Crippen molar-refractivity contribution in [2.45, 2.75) is 12.6 Å². The summed E-state index contributed by atoms with van der Waals surface area (Å²) in [7, 11) is 1.66. The molecule has 1 aliphatic rings. The van der Waals surface area contributed by atoms with Crippen molar-refractivity contribution in [1.29, 1.82) is 0 Å². The lowest BCUT2D eigenvalue weighted by atomic mass is 10.1. The monoisotopic (exact) mass is 341 g/mol. The molecular formula is C17H19N5OS. The Bertz CT molecular complexity index is 830. The molecule has 0 bridgehead atoms. The van der Waals surface area contributed by atoms with Gasteiger partial charge in [0.2, 0.25) is 0 Å². The maximum Gasteiger partial charge on any atom is 0.158 e. The molecule has 0 spiro atoms. The van der Waals surface area contributed by atoms with Crippen LogP contribution in [0.5, 0.6) is 0 Å². The Morgan fingerprint density at radius 1 is 1.21 bits per heavy atom. The number of rotatable bonds is 5. The number of anilines is 1. The summed E-state index contributed by atoms with van der Waals surface area (Å²) in [4.78, 5) is 10.4. The van der Waals surface area contributed by atoms with E-state index in [-0.39, 0.29) is 0 Å². The van der Waals surface area contributed by atoms with E-state index >= 15 is 0 Å². The summed E-state index contributed by atoms with van der Waals surface area (Å²) in [5.74, 6) is 1.58. The number of hydrogen-bond acceptors (Lipinski definition) is 7. The maximum absolute atomic E-state index is 5.22. The van der Waals surface area contributed by atoms with E-state index in [9.17, 15) is 0 Å². The highest BCUT2D eigenvalue weighted by Gasteiger charge is 2.20. The van der Waals surface area contributed by atoms with Crippen LogP contribution in [0.4, 0.5) is 5.82 Å². The molecule has 0 saturated carbocycles. The van der Waals surface area contributed by atoms with E-state index in [1.807, 2.05) is 6.07 Å². The SMILES string of the molecule is COCc1nc(NC2CNNC2)c2c(-c3ccccc3)csc2n1. The lowest BCUT2D eigenvalue weighted by Gasteiger charge is -2.14. The van der Waals surface area contributed by atoms with Crippen LogP contribution in [-0.2, 0) is 11.3 Å². The summed E-state index contributed by atoms with van der Waals surface area (Å²) in [6.45, 7) is 2.12. The van der Waals surface area contributed by atoms with Gasteiger partial charge >= 0.3 is 0 Å². The molecule has 0 atom stereocenters. The lowest BCUT2D eigenvalue weighted by Crippen LogP contribution is -2.25. The maximum atomic E-state index is 5.22. The van der Waals surface area contributed by atoms with Crippen LogP contribution >= 0.6 is 11.3 Å². The second-order valence-corrected chi connectivity index (χ2v) is 6.58. The van der Waals surface area contributed by atoms with E-state index in [2.05, 4.69) is 50.8 Å². The zero-order valence-electron chi connectivity index (χ0n) is 13.4. The van der Waals surface area contributed by atoms with Gasteiger partial charge in [0.25, 0.3) is 0 Å². The molecule has 0 unspecified atom stereocenters. The third kappa shape index (κ3) is 2.99. The lowest BCUT2D eigenvalue weighted by molar-refractivity contribution is 0.178. The van der Waals surface area contributed by atoms with Crippen LogP contribution in [0.3, 0.4) is 0 Å². The first-order chi connectivity index (χ1) is 11.8. The first kappa shape index (κ1) is 15.5. The van der Waals surface area contributed by atoms with Crippen molar-refractivity contribution in [3.63, 3.8) is 0 Å². The summed E-state index contributed by atoms with van der Waals surface area (Å²) in [5.41, 5.74) is 8.63. The number of fused-ring (bicyclic) bond motifs is 1. The van der Waals surface area contributed by atoms with Crippen molar-refractivity contribution in [3.05, 3.63) is 41.5 Å². The van der Waals surface area contributed by atoms with Gasteiger partial charge in [-0.15, -0.1) is 11.3 Å². The van der Waals surface area contributed by atoms with E-state index in [0.717, 1.165) is 29.1 Å². The highest BCUT2D eigenvalue weighted by molar-refractivity contribution is 7.17. The molecule has 124 valence electrons. The van der Waals surface area contributed by atoms with Gasteiger partial charge in [0, 0.05) is 31.1 Å². The largest absolute Gasteiger partial charge is 0.377 e. The normalized spacial score (nSPS) is 15.2. The molecule has 1 aliphatic heterocycles. The van der Waals surface area contributed by atoms with Crippen LogP contribution in [0, 0.1) is 0 Å². The van der Waals surface area contributed by atoms with E-state index in [1.165, 1.54) is 11.1 Å². The van der Waals surface area contributed by atoms with Crippen molar-refractivity contribution in [3.8, 4) is 11.1 Å². The van der Waals surface area contributed by atoms with Gasteiger partial charge in [-0.05, 0) is 5.56 Å². The van der Waals surface area contributed by atoms with Gasteiger partial charge in [0.1, 0.15) is 17.3 Å². The summed E-state index contributed by atoms with van der Waals surface area (Å²) in [6.07, 6.45) is 0. The average molecular weight is 341 g/mol. The fraction of sp³-hybridized carbons (Fsp3) is 0.294. The molecule has 0 radical (unpaired) electrons. The Morgan fingerprint density at radius 2 is 2.00 bits per heavy atom. The van der Waals surface area contributed by atoms with Gasteiger partial charge in [0.05, 0.1) is 11.4 Å². The minimum absolute atomic E-state index is 0.294. The smallest absolute Gasteiger partial charge is 0.158 e. The van der Waals surface area contributed by atoms with Crippen molar-refractivity contribution < 1.29 is 4.74 Å². The number of benzene rings is 1. The molecule has 1 fully saturated rings. The number of methoxy groups -OCH3 is 1. The van der Waals surface area contributed by atoms with E-state index in [4.69, 9.17) is 9.72 Å². The zero-order valence-corrected chi connectivity index (χ0v) is 14.2. The third-order valence-corrected chi connectivity index (χ3v) is 4.87. The summed E-state index contributed by atoms with van der Waals surface area (Å²) in [5, 5.41) is 6.79. The second-order valence-electron chi connectivity index (χ2n) is 5.72. The minimum Gasteiger partial charge on any atom is -0.377 e. The van der Waals surface area contributed by atoms with Gasteiger partial charge in [-0.1, -0.05) is 30.3 Å². The topological polar surface area (TPSA) is 71.1 Å². The Labute approximate surface area is 144 Å². The molecule has 4 rings (SSSR count). The van der Waals surface area contributed by atoms with E-state index in [0.29, 0.717) is 18.5 Å². The Balaban J connectivity index is 1.83. The molecule has 3 N–H and O–H groups in total. The highest BCUT2D eigenvalue weighted by atomic mass is 32.1. The molecule has 0 amide bonds. The molecule has 1 saturated heterocycles. The summed E-state index contributed by atoms with van der Waals surface area (Å²) in [6, 6.07) is 10.7. The quantitative estimate of drug-likeness (QED) is 0.662.